The highest BCUT2D eigenvalue weighted by molar-refractivity contribution is 5.90. The second-order valence-electron chi connectivity index (χ2n) is 20.5. The number of methoxy groups -OCH3 is 2. The maximum Gasteiger partial charge on any atom is 0.407 e. The number of aromatic amines is 2. The van der Waals surface area contributed by atoms with Crippen LogP contribution in [0.3, 0.4) is 0 Å². The van der Waals surface area contributed by atoms with E-state index in [2.05, 4.69) is 25.6 Å². The molecule has 9 atom stereocenters. The smallest absolute Gasteiger partial charge is 0.407 e. The van der Waals surface area contributed by atoms with E-state index in [1.54, 1.807) is 35.4 Å². The van der Waals surface area contributed by atoms with Crippen LogP contribution in [-0.2, 0) is 34.6 Å². The molecule has 2 bridgehead atoms. The van der Waals surface area contributed by atoms with E-state index in [-0.39, 0.29) is 46.4 Å². The first-order valence-electron chi connectivity index (χ1n) is 24.6. The number of carboxylic acid groups (broad SMARTS) is 2. The molecule has 21 nitrogen and oxygen atoms in total. The molecule has 4 heterocycles. The molecule has 2 aromatic heterocycles. The monoisotopic (exact) mass is 1040 g/mol. The van der Waals surface area contributed by atoms with E-state index in [0.29, 0.717) is 58.1 Å². The van der Waals surface area contributed by atoms with Crippen LogP contribution in [0.2, 0.25) is 0 Å². The number of aromatic nitrogens is 4. The molecule has 1 spiro atoms. The summed E-state index contributed by atoms with van der Waals surface area (Å²) >= 11 is 0. The first kappa shape index (κ1) is 52.4. The Morgan fingerprint density at radius 2 is 1.35 bits per heavy atom. The minimum atomic E-state index is -3.31. The lowest BCUT2D eigenvalue weighted by atomic mass is 9.95. The highest BCUT2D eigenvalue weighted by Gasteiger charge is 2.56. The number of aliphatic hydroxyl groups excluding tert-OH is 3. The Morgan fingerprint density at radius 1 is 0.760 bits per heavy atom. The number of ether oxygens (including phenoxy) is 2. The number of piperidine rings is 1. The number of rotatable bonds is 13. The van der Waals surface area contributed by atoms with E-state index >= 15 is 8.78 Å². The van der Waals surface area contributed by atoms with Gasteiger partial charge in [0.2, 0.25) is 11.8 Å². The number of amides is 4. The number of hydrogen-bond acceptors (Lipinski definition) is 13. The number of carbonyl (C=O) groups is 6. The second kappa shape index (κ2) is 20.0. The molecule has 2 aliphatic heterocycles. The zero-order chi connectivity index (χ0) is 54.0. The van der Waals surface area contributed by atoms with Crippen molar-refractivity contribution in [3.8, 4) is 33.5 Å². The van der Waals surface area contributed by atoms with Crippen LogP contribution >= 0.6 is 0 Å². The van der Waals surface area contributed by atoms with Crippen molar-refractivity contribution in [2.75, 3.05) is 20.8 Å². The molecule has 4 fully saturated rings. The SMILES string of the molecule is COC(=O)N[C@H](C(=O)N1[C@H]2CC[C@H](C2)[C@H]1c1nc2ccc(-c3ccc4c(c3)C(F)(F)c3cc(-c5cnc([C@@H]6CC7(CC7)CN6C(=O)[C@@H](NC(=O)OC)C(C)O)[nH]5)ccc3-4)cc2[nH]1)C(C)C.O=C(O)[C@@H](O)[C@H](O)C(=O)O. The maximum absolute atomic E-state index is 16.7. The minimum Gasteiger partial charge on any atom is -0.479 e. The highest BCUT2D eigenvalue weighted by atomic mass is 19.3. The lowest BCUT2D eigenvalue weighted by Gasteiger charge is -2.37. The van der Waals surface area contributed by atoms with Crippen LogP contribution < -0.4 is 10.6 Å². The lowest BCUT2D eigenvalue weighted by molar-refractivity contribution is -0.165. The molecule has 3 aromatic carbocycles. The van der Waals surface area contributed by atoms with Crippen molar-refractivity contribution in [1.82, 2.24) is 40.4 Å². The summed E-state index contributed by atoms with van der Waals surface area (Å²) in [5.74, 6) is -6.27. The number of fused-ring (bicyclic) bond motifs is 6. The third-order valence-electron chi connectivity index (χ3n) is 15.3. The predicted octanol–water partition coefficient (Wildman–Crippen LogP) is 5.21. The molecular weight excluding hydrogens is 983 g/mol. The number of likely N-dealkylation sites (tertiary alicyclic amines) is 2. The number of benzene rings is 3. The summed E-state index contributed by atoms with van der Waals surface area (Å²) in [6.07, 6.45) is -0.408. The highest BCUT2D eigenvalue weighted by Crippen LogP contribution is 2.59. The number of alkyl carbamates (subject to hydrolysis) is 2. The van der Waals surface area contributed by atoms with Crippen molar-refractivity contribution in [3.05, 3.63) is 83.6 Å². The van der Waals surface area contributed by atoms with Gasteiger partial charge in [-0.15, -0.1) is 0 Å². The van der Waals surface area contributed by atoms with E-state index in [0.717, 1.165) is 43.2 Å². The number of alkyl halides is 2. The third-order valence-corrected chi connectivity index (χ3v) is 15.3. The van der Waals surface area contributed by atoms with Gasteiger partial charge in [0.25, 0.3) is 5.92 Å². The number of aliphatic hydroxyl groups is 3. The van der Waals surface area contributed by atoms with Gasteiger partial charge in [0.15, 0.2) is 12.2 Å². The summed E-state index contributed by atoms with van der Waals surface area (Å²) in [5, 5.41) is 48.1. The fourth-order valence-electron chi connectivity index (χ4n) is 11.2. The summed E-state index contributed by atoms with van der Waals surface area (Å²) in [6.45, 7) is 5.65. The Labute approximate surface area is 427 Å². The molecule has 10 rings (SSSR count). The van der Waals surface area contributed by atoms with Gasteiger partial charge < -0.3 is 65.4 Å². The van der Waals surface area contributed by atoms with Gasteiger partial charge in [0, 0.05) is 29.3 Å². The Hall–Kier alpha value is -7.50. The molecule has 398 valence electrons. The van der Waals surface area contributed by atoms with E-state index in [1.807, 2.05) is 43.0 Å². The summed E-state index contributed by atoms with van der Waals surface area (Å²) in [7, 11) is 2.46. The number of carbonyl (C=O) groups excluding carboxylic acids is 4. The van der Waals surface area contributed by atoms with Crippen LogP contribution in [0.5, 0.6) is 0 Å². The normalized spacial score (nSPS) is 22.3. The molecule has 0 radical (unpaired) electrons. The van der Waals surface area contributed by atoms with E-state index in [4.69, 9.17) is 34.9 Å². The zero-order valence-electron chi connectivity index (χ0n) is 41.5. The van der Waals surface area contributed by atoms with E-state index < -0.39 is 72.4 Å². The Morgan fingerprint density at radius 3 is 1.93 bits per heavy atom. The quantitative estimate of drug-likeness (QED) is 0.0731. The lowest BCUT2D eigenvalue weighted by Crippen LogP contribution is -2.54. The number of H-pyrrole nitrogens is 2. The molecule has 5 aromatic rings. The van der Waals surface area contributed by atoms with Gasteiger partial charge in [-0.25, -0.2) is 29.1 Å². The first-order valence-corrected chi connectivity index (χ1v) is 24.6. The summed E-state index contributed by atoms with van der Waals surface area (Å²) in [5.41, 5.74) is 4.37. The molecule has 5 aliphatic rings. The van der Waals surface area contributed by atoms with E-state index in [1.165, 1.54) is 27.2 Å². The van der Waals surface area contributed by atoms with Gasteiger partial charge in [0.05, 0.1) is 55.3 Å². The van der Waals surface area contributed by atoms with Crippen molar-refractivity contribution in [2.45, 2.75) is 114 Å². The number of hydrogen-bond donors (Lipinski definition) is 9. The molecule has 9 N–H and O–H groups in total. The predicted molar refractivity (Wildman–Crippen MR) is 261 cm³/mol. The van der Waals surface area contributed by atoms with Gasteiger partial charge in [-0.2, -0.15) is 8.78 Å². The van der Waals surface area contributed by atoms with Gasteiger partial charge >= 0.3 is 24.1 Å². The van der Waals surface area contributed by atoms with Gasteiger partial charge in [-0.3, -0.25) is 9.59 Å². The van der Waals surface area contributed by atoms with Crippen molar-refractivity contribution in [1.29, 1.82) is 0 Å². The molecule has 4 amide bonds. The number of nitrogens with one attached hydrogen (secondary N) is 4. The van der Waals surface area contributed by atoms with Gasteiger partial charge in [-0.1, -0.05) is 44.2 Å². The van der Waals surface area contributed by atoms with Crippen molar-refractivity contribution >= 4 is 47.0 Å². The molecule has 3 aliphatic carbocycles. The average molecular weight is 1040 g/mol. The van der Waals surface area contributed by atoms with Crippen LogP contribution in [0, 0.1) is 17.3 Å². The van der Waals surface area contributed by atoms with Gasteiger partial charge in [0.1, 0.15) is 23.7 Å². The maximum atomic E-state index is 16.7. The summed E-state index contributed by atoms with van der Waals surface area (Å²) < 4.78 is 42.8. The Bertz CT molecular complexity index is 3060. The second-order valence-corrected chi connectivity index (χ2v) is 20.5. The zero-order valence-corrected chi connectivity index (χ0v) is 41.5. The van der Waals surface area contributed by atoms with Crippen LogP contribution in [0.4, 0.5) is 18.4 Å². The molecule has 75 heavy (non-hydrogen) atoms. The molecule has 2 saturated carbocycles. The number of imidazole rings is 2. The van der Waals surface area contributed by atoms with E-state index in [9.17, 15) is 33.9 Å². The van der Waals surface area contributed by atoms with Crippen molar-refractivity contribution in [2.24, 2.45) is 17.3 Å². The summed E-state index contributed by atoms with van der Waals surface area (Å²) in [6, 6.07) is 13.0. The van der Waals surface area contributed by atoms with Crippen molar-refractivity contribution in [3.63, 3.8) is 0 Å². The number of aliphatic carboxylic acids is 2. The fourth-order valence-corrected chi connectivity index (χ4v) is 11.2. The third kappa shape index (κ3) is 9.74. The molecule has 23 heteroatoms. The number of halogens is 2. The van der Waals surface area contributed by atoms with Crippen LogP contribution in [0.25, 0.3) is 44.5 Å². The molecule has 2 saturated heterocycles. The van der Waals surface area contributed by atoms with Gasteiger partial charge in [-0.05, 0) is 109 Å². The topological polar surface area (TPSA) is 310 Å². The largest absolute Gasteiger partial charge is 0.479 e. The summed E-state index contributed by atoms with van der Waals surface area (Å²) in [4.78, 5) is 91.5. The number of carboxylic acids is 2. The molecule has 1 unspecified atom stereocenters. The fraction of sp³-hybridized carbons (Fsp3) is 0.462. The van der Waals surface area contributed by atoms with Crippen LogP contribution in [0.15, 0.2) is 60.8 Å². The number of nitrogens with zero attached hydrogens (tertiary/aromatic N) is 4. The average Bonchev–Trinajstić information content (AvgIpc) is 4.10. The molecular formula is C52H58F2N8O13. The Kier molecular flexibility index (Phi) is 13.9. The minimum absolute atomic E-state index is 0.0385. The van der Waals surface area contributed by atoms with Crippen LogP contribution in [0.1, 0.15) is 94.2 Å². The van der Waals surface area contributed by atoms with Crippen molar-refractivity contribution < 1.29 is 72.6 Å². The Balaban J connectivity index is 0.000000626. The first-order chi connectivity index (χ1) is 35.6. The van der Waals surface area contributed by atoms with Crippen LogP contribution in [-0.4, -0.2) is 148 Å². The standard InChI is InChI=1S/C48H52F2N8O7.C4H6O6/c1-23(2)38(55-45(62)64-4)44(61)58-29-10-6-28(16-29)40(58)42-52-34-13-9-26(19-35(34)53-42)25-7-11-30-31-12-8-27(18-33(31)48(49,50)32(30)17-25)36-21-51-41(54-36)37-20-47(14-15-47)22-57(37)43(60)39(24(3)59)56-46(63)65-5;5-1(3(7)8)2(6)4(9)10/h7-9,11-13,17-19,21,23-24,28-29,37-40,59H,6,10,14-16,20,22H2,1-5H3,(H,51,54)(H,52,53)(H,55,62)(H,56,63);1-2,5-6H,(H,7,8)(H,9,10)/t24?,28-,29+,37+,38+,39+,40+;1-,2-/m10/s1.